The van der Waals surface area contributed by atoms with Crippen LogP contribution >= 0.6 is 0 Å². The lowest BCUT2D eigenvalue weighted by molar-refractivity contribution is 0.532. The zero-order valence-corrected chi connectivity index (χ0v) is 16.0. The van der Waals surface area contributed by atoms with Gasteiger partial charge in [-0.2, -0.15) is 0 Å². The molecule has 0 amide bonds. The molecule has 0 bridgehead atoms. The van der Waals surface area contributed by atoms with Crippen molar-refractivity contribution in [3.05, 3.63) is 23.8 Å². The van der Waals surface area contributed by atoms with E-state index in [-0.39, 0.29) is 0 Å². The van der Waals surface area contributed by atoms with Crippen molar-refractivity contribution in [1.82, 2.24) is 0 Å². The molecule has 0 spiro atoms. The molecular weight excluding hydrogens is 276 g/mol. The van der Waals surface area contributed by atoms with Crippen molar-refractivity contribution in [3.8, 4) is 0 Å². The van der Waals surface area contributed by atoms with Crippen molar-refractivity contribution in [2.24, 2.45) is 0 Å². The van der Waals surface area contributed by atoms with Crippen LogP contribution in [0.25, 0.3) is 0 Å². The molecule has 0 atom stereocenters. The predicted molar refractivity (Wildman–Crippen MR) is 106 cm³/mol. The SMILES string of the molecule is CCCCCCCCCCCCCCCCCC1=CCC=CC1. The number of unbranched alkanes of at least 4 members (excludes halogenated alkanes) is 14. The van der Waals surface area contributed by atoms with E-state index >= 15 is 0 Å². The van der Waals surface area contributed by atoms with Gasteiger partial charge in [0, 0.05) is 0 Å². The Morgan fingerprint density at radius 1 is 0.609 bits per heavy atom. The Morgan fingerprint density at radius 2 is 1.09 bits per heavy atom. The fourth-order valence-electron chi connectivity index (χ4n) is 3.58. The van der Waals surface area contributed by atoms with Crippen LogP contribution in [0.2, 0.25) is 0 Å². The van der Waals surface area contributed by atoms with Crippen LogP contribution in [0.3, 0.4) is 0 Å². The summed E-state index contributed by atoms with van der Waals surface area (Å²) < 4.78 is 0. The standard InChI is InChI=1S/C23H42/c1-2-3-4-5-6-7-8-9-10-11-12-13-14-15-17-20-23-21-18-16-19-22-23/h16,18,22H,2-15,17,19-21H2,1H3. The normalized spacial score (nSPS) is 14.2. The van der Waals surface area contributed by atoms with Gasteiger partial charge in [0.15, 0.2) is 0 Å². The van der Waals surface area contributed by atoms with Crippen molar-refractivity contribution in [3.63, 3.8) is 0 Å². The fourth-order valence-corrected chi connectivity index (χ4v) is 3.58. The Balaban J connectivity index is 1.69. The van der Waals surface area contributed by atoms with Crippen LogP contribution in [0.4, 0.5) is 0 Å². The number of rotatable bonds is 16. The van der Waals surface area contributed by atoms with E-state index < -0.39 is 0 Å². The molecule has 0 aliphatic heterocycles. The van der Waals surface area contributed by atoms with Crippen molar-refractivity contribution in [2.45, 2.75) is 122 Å². The topological polar surface area (TPSA) is 0 Å². The highest BCUT2D eigenvalue weighted by Crippen LogP contribution is 2.19. The average molecular weight is 319 g/mol. The summed E-state index contributed by atoms with van der Waals surface area (Å²) in [5.74, 6) is 0. The van der Waals surface area contributed by atoms with E-state index in [1.165, 1.54) is 116 Å². The third kappa shape index (κ3) is 13.6. The lowest BCUT2D eigenvalue weighted by atomic mass is 9.99. The molecule has 0 heteroatoms. The third-order valence-corrected chi connectivity index (χ3v) is 5.19. The molecule has 134 valence electrons. The molecule has 1 aliphatic carbocycles. The van der Waals surface area contributed by atoms with Crippen LogP contribution in [-0.4, -0.2) is 0 Å². The first-order chi connectivity index (χ1) is 11.4. The molecule has 0 saturated heterocycles. The van der Waals surface area contributed by atoms with E-state index in [2.05, 4.69) is 25.2 Å². The van der Waals surface area contributed by atoms with Crippen LogP contribution in [0.5, 0.6) is 0 Å². The first-order valence-electron chi connectivity index (χ1n) is 10.8. The minimum Gasteiger partial charge on any atom is -0.0844 e. The first kappa shape index (κ1) is 20.5. The van der Waals surface area contributed by atoms with E-state index in [1.807, 2.05) is 0 Å². The van der Waals surface area contributed by atoms with Gasteiger partial charge in [0.05, 0.1) is 0 Å². The van der Waals surface area contributed by atoms with Gasteiger partial charge in [0.2, 0.25) is 0 Å². The predicted octanol–water partition coefficient (Wildman–Crippen LogP) is 8.52. The molecule has 0 aromatic carbocycles. The second-order valence-corrected chi connectivity index (χ2v) is 7.47. The minimum absolute atomic E-state index is 1.17. The molecule has 0 fully saturated rings. The molecule has 0 heterocycles. The third-order valence-electron chi connectivity index (χ3n) is 5.19. The van der Waals surface area contributed by atoms with Gasteiger partial charge in [-0.3, -0.25) is 0 Å². The summed E-state index contributed by atoms with van der Waals surface area (Å²) in [5.41, 5.74) is 1.68. The summed E-state index contributed by atoms with van der Waals surface area (Å²) in [6, 6.07) is 0. The molecule has 0 unspecified atom stereocenters. The molecule has 0 radical (unpaired) electrons. The molecule has 0 aromatic rings. The maximum absolute atomic E-state index is 2.43. The first-order valence-corrected chi connectivity index (χ1v) is 10.8. The van der Waals surface area contributed by atoms with Crippen molar-refractivity contribution < 1.29 is 0 Å². The number of hydrogen-bond donors (Lipinski definition) is 0. The van der Waals surface area contributed by atoms with Gasteiger partial charge >= 0.3 is 0 Å². The van der Waals surface area contributed by atoms with E-state index in [0.717, 1.165) is 0 Å². The molecular formula is C23H42. The molecule has 0 aromatic heterocycles. The Bertz CT molecular complexity index is 297. The highest BCUT2D eigenvalue weighted by molar-refractivity contribution is 5.14. The molecule has 0 nitrogen and oxygen atoms in total. The smallest absolute Gasteiger partial charge is 0.0139 e. The molecule has 0 N–H and O–H groups in total. The van der Waals surface area contributed by atoms with Crippen molar-refractivity contribution in [2.75, 3.05) is 0 Å². The van der Waals surface area contributed by atoms with E-state index in [4.69, 9.17) is 0 Å². The Hall–Kier alpha value is -0.520. The number of hydrogen-bond acceptors (Lipinski definition) is 0. The highest BCUT2D eigenvalue weighted by Gasteiger charge is 1.99. The Kier molecular flexibility index (Phi) is 14.6. The zero-order chi connectivity index (χ0) is 16.4. The van der Waals surface area contributed by atoms with Gasteiger partial charge in [-0.15, -0.1) is 0 Å². The van der Waals surface area contributed by atoms with Gasteiger partial charge < -0.3 is 0 Å². The second kappa shape index (κ2) is 16.3. The van der Waals surface area contributed by atoms with Crippen molar-refractivity contribution in [1.29, 1.82) is 0 Å². The lowest BCUT2D eigenvalue weighted by Gasteiger charge is -2.08. The van der Waals surface area contributed by atoms with Gasteiger partial charge in [0.25, 0.3) is 0 Å². The van der Waals surface area contributed by atoms with Crippen LogP contribution in [0.15, 0.2) is 23.8 Å². The molecule has 23 heavy (non-hydrogen) atoms. The van der Waals surface area contributed by atoms with Crippen molar-refractivity contribution >= 4 is 0 Å². The summed E-state index contributed by atoms with van der Waals surface area (Å²) in [6.07, 6.45) is 32.7. The Labute approximate surface area is 146 Å². The summed E-state index contributed by atoms with van der Waals surface area (Å²) in [4.78, 5) is 0. The Morgan fingerprint density at radius 3 is 1.52 bits per heavy atom. The second-order valence-electron chi connectivity index (χ2n) is 7.47. The van der Waals surface area contributed by atoms with Crippen LogP contribution < -0.4 is 0 Å². The fraction of sp³-hybridized carbons (Fsp3) is 0.826. The molecule has 1 rings (SSSR count). The van der Waals surface area contributed by atoms with Crippen LogP contribution in [-0.2, 0) is 0 Å². The quantitative estimate of drug-likeness (QED) is 0.197. The maximum atomic E-state index is 2.43. The summed E-state index contributed by atoms with van der Waals surface area (Å²) in [7, 11) is 0. The minimum atomic E-state index is 1.17. The van der Waals surface area contributed by atoms with Gasteiger partial charge in [0.1, 0.15) is 0 Å². The van der Waals surface area contributed by atoms with E-state index in [0.29, 0.717) is 0 Å². The van der Waals surface area contributed by atoms with Gasteiger partial charge in [-0.1, -0.05) is 121 Å². The average Bonchev–Trinajstić information content (AvgIpc) is 2.59. The molecule has 0 saturated carbocycles. The lowest BCUT2D eigenvalue weighted by Crippen LogP contribution is -1.88. The maximum Gasteiger partial charge on any atom is -0.0139 e. The number of allylic oxidation sites excluding steroid dienone is 4. The van der Waals surface area contributed by atoms with Gasteiger partial charge in [-0.05, 0) is 25.7 Å². The monoisotopic (exact) mass is 318 g/mol. The summed E-state index contributed by atoms with van der Waals surface area (Å²) >= 11 is 0. The summed E-state index contributed by atoms with van der Waals surface area (Å²) in [6.45, 7) is 2.30. The van der Waals surface area contributed by atoms with Crippen LogP contribution in [0, 0.1) is 0 Å². The zero-order valence-electron chi connectivity index (χ0n) is 16.0. The largest absolute Gasteiger partial charge is 0.0844 e. The van der Waals surface area contributed by atoms with Gasteiger partial charge in [-0.25, -0.2) is 0 Å². The highest BCUT2D eigenvalue weighted by atomic mass is 14.1. The molecule has 1 aliphatic rings. The van der Waals surface area contributed by atoms with E-state index in [1.54, 1.807) is 5.57 Å². The van der Waals surface area contributed by atoms with Crippen LogP contribution in [0.1, 0.15) is 122 Å². The summed E-state index contributed by atoms with van der Waals surface area (Å²) in [5, 5.41) is 0. The van der Waals surface area contributed by atoms with E-state index in [9.17, 15) is 0 Å².